The first-order valence-electron chi connectivity index (χ1n) is 8.48. The molecule has 1 aromatic carbocycles. The highest BCUT2D eigenvalue weighted by Crippen LogP contribution is 2.17. The third-order valence-corrected chi connectivity index (χ3v) is 3.96. The maximum atomic E-state index is 12.1. The van der Waals surface area contributed by atoms with Crippen LogP contribution >= 0.6 is 0 Å². The van der Waals surface area contributed by atoms with Gasteiger partial charge in [-0.2, -0.15) is 0 Å². The lowest BCUT2D eigenvalue weighted by Gasteiger charge is -2.14. The van der Waals surface area contributed by atoms with Crippen LogP contribution in [0.4, 0.5) is 0 Å². The van der Waals surface area contributed by atoms with Crippen molar-refractivity contribution in [1.82, 2.24) is 0 Å². The monoisotopic (exact) mass is 290 g/mol. The van der Waals surface area contributed by atoms with Crippen molar-refractivity contribution in [2.75, 3.05) is 0 Å². The van der Waals surface area contributed by atoms with E-state index in [0.717, 1.165) is 24.8 Å². The lowest BCUT2D eigenvalue weighted by Crippen LogP contribution is -2.17. The highest BCUT2D eigenvalue weighted by Gasteiger charge is 2.17. The van der Waals surface area contributed by atoms with Crippen LogP contribution in [0.2, 0.25) is 0 Å². The normalized spacial score (nSPS) is 12.1. The molecular weight excluding hydrogens is 260 g/mol. The smallest absolute Gasteiger partial charge is 0.309 e. The third-order valence-electron chi connectivity index (χ3n) is 3.96. The summed E-state index contributed by atoms with van der Waals surface area (Å²) in [6, 6.07) is 9.89. The zero-order valence-corrected chi connectivity index (χ0v) is 13.6. The minimum absolute atomic E-state index is 0.0325. The van der Waals surface area contributed by atoms with Crippen molar-refractivity contribution in [3.8, 4) is 0 Å². The van der Waals surface area contributed by atoms with Crippen LogP contribution in [0.3, 0.4) is 0 Å². The molecule has 2 heteroatoms. The summed E-state index contributed by atoms with van der Waals surface area (Å²) in [6.07, 6.45) is 9.46. The van der Waals surface area contributed by atoms with E-state index in [4.69, 9.17) is 4.74 Å². The van der Waals surface area contributed by atoms with Crippen molar-refractivity contribution in [3.05, 3.63) is 35.9 Å². The molecule has 0 saturated heterocycles. The largest absolute Gasteiger partial charge is 0.461 e. The van der Waals surface area contributed by atoms with Crippen LogP contribution in [-0.4, -0.2) is 5.97 Å². The molecule has 0 heterocycles. The predicted octanol–water partition coefficient (Wildman–Crippen LogP) is 5.51. The van der Waals surface area contributed by atoms with E-state index < -0.39 is 0 Å². The quantitative estimate of drug-likeness (QED) is 0.397. The first-order chi connectivity index (χ1) is 10.3. The molecule has 0 aliphatic carbocycles. The van der Waals surface area contributed by atoms with Gasteiger partial charge < -0.3 is 4.74 Å². The highest BCUT2D eigenvalue weighted by molar-refractivity contribution is 5.72. The summed E-state index contributed by atoms with van der Waals surface area (Å²) < 4.78 is 5.44. The molecule has 0 amide bonds. The Bertz CT molecular complexity index is 372. The molecular formula is C19H30O2. The van der Waals surface area contributed by atoms with Gasteiger partial charge in [-0.25, -0.2) is 0 Å². The number of hydrogen-bond acceptors (Lipinski definition) is 2. The van der Waals surface area contributed by atoms with Crippen molar-refractivity contribution in [3.63, 3.8) is 0 Å². The van der Waals surface area contributed by atoms with E-state index in [9.17, 15) is 4.79 Å². The maximum absolute atomic E-state index is 12.1. The molecule has 0 aromatic heterocycles. The van der Waals surface area contributed by atoms with E-state index in [-0.39, 0.29) is 11.9 Å². The van der Waals surface area contributed by atoms with E-state index in [1.807, 2.05) is 30.3 Å². The standard InChI is InChI=1S/C19H30O2/c1-3-5-6-7-8-12-15-18(4-2)19(20)21-16-17-13-10-9-11-14-17/h9-11,13-14,18H,3-8,12,15-16H2,1-2H3. The lowest BCUT2D eigenvalue weighted by molar-refractivity contribution is -0.150. The summed E-state index contributed by atoms with van der Waals surface area (Å²) in [5.74, 6) is 0.0369. The topological polar surface area (TPSA) is 26.3 Å². The van der Waals surface area contributed by atoms with Crippen molar-refractivity contribution < 1.29 is 9.53 Å². The van der Waals surface area contributed by atoms with Crippen molar-refractivity contribution in [2.45, 2.75) is 71.8 Å². The first-order valence-corrected chi connectivity index (χ1v) is 8.48. The van der Waals surface area contributed by atoms with E-state index in [1.165, 1.54) is 32.1 Å². The van der Waals surface area contributed by atoms with E-state index in [1.54, 1.807) is 0 Å². The van der Waals surface area contributed by atoms with Gasteiger partial charge in [-0.3, -0.25) is 4.79 Å². The first kappa shape index (κ1) is 17.7. The molecule has 1 unspecified atom stereocenters. The van der Waals surface area contributed by atoms with Gasteiger partial charge in [-0.05, 0) is 18.4 Å². The average Bonchev–Trinajstić information content (AvgIpc) is 2.53. The molecule has 1 rings (SSSR count). The van der Waals surface area contributed by atoms with Crippen molar-refractivity contribution in [2.24, 2.45) is 5.92 Å². The molecule has 1 aromatic rings. The Morgan fingerprint density at radius 1 is 1.00 bits per heavy atom. The summed E-state index contributed by atoms with van der Waals surface area (Å²) >= 11 is 0. The third kappa shape index (κ3) is 7.89. The Morgan fingerprint density at radius 2 is 1.67 bits per heavy atom. The SMILES string of the molecule is CCCCCCCCC(CC)C(=O)OCc1ccccc1. The Balaban J connectivity index is 2.20. The van der Waals surface area contributed by atoms with Gasteiger partial charge in [0.15, 0.2) is 0 Å². The van der Waals surface area contributed by atoms with Gasteiger partial charge in [0.25, 0.3) is 0 Å². The zero-order valence-electron chi connectivity index (χ0n) is 13.6. The number of carbonyl (C=O) groups excluding carboxylic acids is 1. The second-order valence-electron chi connectivity index (χ2n) is 5.75. The molecule has 0 N–H and O–H groups in total. The molecule has 0 aliphatic heterocycles. The van der Waals surface area contributed by atoms with Crippen LogP contribution in [-0.2, 0) is 16.1 Å². The fourth-order valence-corrected chi connectivity index (χ4v) is 2.51. The molecule has 118 valence electrons. The van der Waals surface area contributed by atoms with Gasteiger partial charge in [0.05, 0.1) is 5.92 Å². The Kier molecular flexibility index (Phi) is 9.60. The van der Waals surface area contributed by atoms with Gasteiger partial charge in [0.1, 0.15) is 6.61 Å². The molecule has 2 nitrogen and oxygen atoms in total. The van der Waals surface area contributed by atoms with Crippen LogP contribution in [0, 0.1) is 5.92 Å². The maximum Gasteiger partial charge on any atom is 0.309 e. The summed E-state index contributed by atoms with van der Waals surface area (Å²) in [7, 11) is 0. The fourth-order valence-electron chi connectivity index (χ4n) is 2.51. The lowest BCUT2D eigenvalue weighted by atomic mass is 9.98. The minimum Gasteiger partial charge on any atom is -0.461 e. The second kappa shape index (κ2) is 11.4. The molecule has 0 radical (unpaired) electrons. The van der Waals surface area contributed by atoms with Crippen LogP contribution in [0.5, 0.6) is 0 Å². The average molecular weight is 290 g/mol. The molecule has 1 atom stereocenters. The number of unbranched alkanes of at least 4 members (excludes halogenated alkanes) is 5. The van der Waals surface area contributed by atoms with E-state index in [2.05, 4.69) is 13.8 Å². The summed E-state index contributed by atoms with van der Waals surface area (Å²) in [4.78, 5) is 12.1. The van der Waals surface area contributed by atoms with Crippen LogP contribution in [0.15, 0.2) is 30.3 Å². The number of ether oxygens (including phenoxy) is 1. The Labute approximate surface area is 129 Å². The Hall–Kier alpha value is -1.31. The van der Waals surface area contributed by atoms with E-state index in [0.29, 0.717) is 6.61 Å². The number of carbonyl (C=O) groups is 1. The van der Waals surface area contributed by atoms with Gasteiger partial charge in [0, 0.05) is 0 Å². The van der Waals surface area contributed by atoms with Crippen LogP contribution < -0.4 is 0 Å². The zero-order chi connectivity index (χ0) is 15.3. The van der Waals surface area contributed by atoms with Gasteiger partial charge >= 0.3 is 5.97 Å². The van der Waals surface area contributed by atoms with Gasteiger partial charge in [-0.1, -0.05) is 82.7 Å². The number of rotatable bonds is 11. The van der Waals surface area contributed by atoms with Crippen molar-refractivity contribution in [1.29, 1.82) is 0 Å². The summed E-state index contributed by atoms with van der Waals surface area (Å²) in [6.45, 7) is 4.70. The number of esters is 1. The molecule has 0 fully saturated rings. The molecule has 0 bridgehead atoms. The molecule has 0 aliphatic rings. The summed E-state index contributed by atoms with van der Waals surface area (Å²) in [5, 5.41) is 0. The number of benzene rings is 1. The second-order valence-corrected chi connectivity index (χ2v) is 5.75. The minimum atomic E-state index is -0.0325. The van der Waals surface area contributed by atoms with Crippen LogP contribution in [0.25, 0.3) is 0 Å². The number of hydrogen-bond donors (Lipinski definition) is 0. The van der Waals surface area contributed by atoms with E-state index >= 15 is 0 Å². The molecule has 0 spiro atoms. The fraction of sp³-hybridized carbons (Fsp3) is 0.632. The predicted molar refractivity (Wildman–Crippen MR) is 88.0 cm³/mol. The van der Waals surface area contributed by atoms with Crippen LogP contribution in [0.1, 0.15) is 70.8 Å². The molecule has 21 heavy (non-hydrogen) atoms. The summed E-state index contributed by atoms with van der Waals surface area (Å²) in [5.41, 5.74) is 1.06. The highest BCUT2D eigenvalue weighted by atomic mass is 16.5. The Morgan fingerprint density at radius 3 is 2.33 bits per heavy atom. The van der Waals surface area contributed by atoms with Gasteiger partial charge in [0.2, 0.25) is 0 Å². The van der Waals surface area contributed by atoms with Gasteiger partial charge in [-0.15, -0.1) is 0 Å². The molecule has 0 saturated carbocycles. The van der Waals surface area contributed by atoms with Crippen molar-refractivity contribution >= 4 is 5.97 Å².